The van der Waals surface area contributed by atoms with Gasteiger partial charge >= 0.3 is 0 Å². The van der Waals surface area contributed by atoms with Gasteiger partial charge in [-0.05, 0) is 55.0 Å². The molecule has 2 heterocycles. The van der Waals surface area contributed by atoms with Crippen molar-refractivity contribution in [3.05, 3.63) is 99.5 Å². The summed E-state index contributed by atoms with van der Waals surface area (Å²) in [5, 5.41) is 9.95. The normalized spacial score (nSPS) is 11.2. The van der Waals surface area contributed by atoms with Crippen LogP contribution in [0.1, 0.15) is 27.5 Å². The minimum absolute atomic E-state index is 0.0756. The first-order valence-corrected chi connectivity index (χ1v) is 11.3. The van der Waals surface area contributed by atoms with E-state index in [1.54, 1.807) is 19.2 Å². The van der Waals surface area contributed by atoms with Gasteiger partial charge in [-0.3, -0.25) is 4.79 Å². The average Bonchev–Trinajstić information content (AvgIpc) is 3.44. The third kappa shape index (κ3) is 3.95. The zero-order chi connectivity index (χ0) is 23.8. The maximum absolute atomic E-state index is 13.6. The lowest BCUT2D eigenvalue weighted by molar-refractivity contribution is 0.100. The number of benzene rings is 3. The van der Waals surface area contributed by atoms with Crippen molar-refractivity contribution in [3.63, 3.8) is 0 Å². The summed E-state index contributed by atoms with van der Waals surface area (Å²) in [7, 11) is 1.59. The van der Waals surface area contributed by atoms with Crippen LogP contribution in [0.4, 0.5) is 0 Å². The van der Waals surface area contributed by atoms with Crippen LogP contribution in [0, 0.1) is 6.92 Å². The van der Waals surface area contributed by atoms with Crippen molar-refractivity contribution in [2.24, 2.45) is 0 Å². The molecule has 5 rings (SSSR count). The van der Waals surface area contributed by atoms with E-state index in [1.807, 2.05) is 66.1 Å². The number of halogens is 2. The zero-order valence-corrected chi connectivity index (χ0v) is 19.9. The minimum Gasteiger partial charge on any atom is -0.497 e. The van der Waals surface area contributed by atoms with E-state index >= 15 is 0 Å². The molecule has 0 saturated carbocycles. The Hall–Kier alpha value is -3.61. The van der Waals surface area contributed by atoms with E-state index in [9.17, 15) is 4.79 Å². The number of nitrogens with zero attached hydrogens (tertiary/aromatic N) is 3. The Morgan fingerprint density at radius 2 is 1.82 bits per heavy atom. The Morgan fingerprint density at radius 3 is 2.56 bits per heavy atom. The summed E-state index contributed by atoms with van der Waals surface area (Å²) in [5.74, 6) is 0.495. The quantitative estimate of drug-likeness (QED) is 0.250. The van der Waals surface area contributed by atoms with Gasteiger partial charge in [0.25, 0.3) is 11.7 Å². The van der Waals surface area contributed by atoms with Crippen molar-refractivity contribution in [2.75, 3.05) is 7.11 Å². The van der Waals surface area contributed by atoms with Crippen LogP contribution in [0.3, 0.4) is 0 Å². The Labute approximate surface area is 205 Å². The summed E-state index contributed by atoms with van der Waals surface area (Å²) < 4.78 is 13.2. The number of carbonyl (C=O) groups excluding carboxylic acids is 1. The largest absolute Gasteiger partial charge is 0.497 e. The number of aromatic nitrogens is 3. The monoisotopic (exact) mass is 491 g/mol. The summed E-state index contributed by atoms with van der Waals surface area (Å²) in [6.07, 6.45) is 0. The molecular weight excluding hydrogens is 473 g/mol. The first kappa shape index (κ1) is 22.2. The van der Waals surface area contributed by atoms with Gasteiger partial charge in [0.15, 0.2) is 0 Å². The Kier molecular flexibility index (Phi) is 5.86. The Morgan fingerprint density at radius 1 is 1.03 bits per heavy atom. The molecule has 0 unspecified atom stereocenters. The molecule has 0 fully saturated rings. The lowest BCUT2D eigenvalue weighted by atomic mass is 10.1. The third-order valence-corrected chi connectivity index (χ3v) is 6.33. The molecule has 0 radical (unpaired) electrons. The molecule has 0 spiro atoms. The van der Waals surface area contributed by atoms with E-state index < -0.39 is 0 Å². The Balaban J connectivity index is 1.62. The van der Waals surface area contributed by atoms with Crippen molar-refractivity contribution in [3.8, 4) is 17.2 Å². The van der Waals surface area contributed by atoms with Crippen LogP contribution in [0.5, 0.6) is 5.75 Å². The van der Waals surface area contributed by atoms with E-state index in [-0.39, 0.29) is 17.6 Å². The van der Waals surface area contributed by atoms with Crippen molar-refractivity contribution in [1.29, 1.82) is 0 Å². The summed E-state index contributed by atoms with van der Waals surface area (Å²) in [5.41, 5.74) is 3.70. The molecule has 2 aromatic heterocycles. The molecule has 0 aliphatic rings. The number of hydrogen-bond donors (Lipinski definition) is 0. The highest BCUT2D eigenvalue weighted by Crippen LogP contribution is 2.33. The molecule has 0 N–H and O–H groups in total. The van der Waals surface area contributed by atoms with Gasteiger partial charge in [-0.2, -0.15) is 0 Å². The fraction of sp³-hybridized carbons (Fsp3) is 0.115. The maximum Gasteiger partial charge on any atom is 0.289 e. The van der Waals surface area contributed by atoms with Gasteiger partial charge in [0.1, 0.15) is 5.75 Å². The van der Waals surface area contributed by atoms with Crippen LogP contribution in [0.2, 0.25) is 10.0 Å². The van der Waals surface area contributed by atoms with Crippen LogP contribution in [-0.4, -0.2) is 27.7 Å². The number of hydrogen-bond acceptors (Lipinski definition) is 5. The smallest absolute Gasteiger partial charge is 0.289 e. The molecule has 8 heteroatoms. The van der Waals surface area contributed by atoms with Crippen LogP contribution in [0.15, 0.2) is 71.1 Å². The van der Waals surface area contributed by atoms with Gasteiger partial charge in [0.05, 0.1) is 12.7 Å². The minimum atomic E-state index is -0.355. The lowest BCUT2D eigenvalue weighted by Crippen LogP contribution is -2.07. The van der Waals surface area contributed by atoms with E-state index in [4.69, 9.17) is 32.4 Å². The van der Waals surface area contributed by atoms with Gasteiger partial charge in [0, 0.05) is 38.8 Å². The molecular formula is C26H19Cl2N3O3. The first-order chi connectivity index (χ1) is 16.5. The predicted octanol–water partition coefficient (Wildman–Crippen LogP) is 6.59. The van der Waals surface area contributed by atoms with Crippen LogP contribution >= 0.6 is 23.2 Å². The SMILES string of the molecule is COc1ccc2c(c1)c(C(=O)c1nnc(-c3ccccc3)o1)c(C)n2Cc1ccc(Cl)cc1Cl. The van der Waals surface area contributed by atoms with Crippen molar-refractivity contribution in [2.45, 2.75) is 13.5 Å². The Bertz CT molecular complexity index is 1520. The highest BCUT2D eigenvalue weighted by molar-refractivity contribution is 6.35. The summed E-state index contributed by atoms with van der Waals surface area (Å²) in [4.78, 5) is 13.6. The van der Waals surface area contributed by atoms with E-state index in [0.717, 1.165) is 27.7 Å². The van der Waals surface area contributed by atoms with Gasteiger partial charge in [-0.15, -0.1) is 10.2 Å². The topological polar surface area (TPSA) is 70.2 Å². The van der Waals surface area contributed by atoms with E-state index in [1.165, 1.54) is 0 Å². The highest BCUT2D eigenvalue weighted by Gasteiger charge is 2.26. The fourth-order valence-electron chi connectivity index (χ4n) is 4.02. The fourth-order valence-corrected chi connectivity index (χ4v) is 4.49. The van der Waals surface area contributed by atoms with E-state index in [2.05, 4.69) is 10.2 Å². The number of ketones is 1. The molecule has 0 amide bonds. The molecule has 0 bridgehead atoms. The predicted molar refractivity (Wildman–Crippen MR) is 132 cm³/mol. The van der Waals surface area contributed by atoms with Crippen LogP contribution < -0.4 is 4.74 Å². The van der Waals surface area contributed by atoms with Gasteiger partial charge < -0.3 is 13.7 Å². The molecule has 5 aromatic rings. The highest BCUT2D eigenvalue weighted by atomic mass is 35.5. The maximum atomic E-state index is 13.6. The molecule has 170 valence electrons. The first-order valence-electron chi connectivity index (χ1n) is 10.5. The van der Waals surface area contributed by atoms with Crippen molar-refractivity contribution >= 4 is 39.9 Å². The number of methoxy groups -OCH3 is 1. The molecule has 34 heavy (non-hydrogen) atoms. The second-order valence-electron chi connectivity index (χ2n) is 7.77. The molecule has 0 saturated heterocycles. The number of ether oxygens (including phenoxy) is 1. The standard InChI is InChI=1S/C26H19Cl2N3O3/c1-15-23(24(32)26-30-29-25(34-26)16-6-4-3-5-7-16)20-13-19(33-2)10-11-22(20)31(15)14-17-8-9-18(27)12-21(17)28/h3-13H,14H2,1-2H3. The van der Waals surface area contributed by atoms with Crippen molar-refractivity contribution in [1.82, 2.24) is 14.8 Å². The second-order valence-corrected chi connectivity index (χ2v) is 8.62. The number of fused-ring (bicyclic) bond motifs is 1. The van der Waals surface area contributed by atoms with Crippen molar-refractivity contribution < 1.29 is 13.9 Å². The third-order valence-electron chi connectivity index (χ3n) is 5.74. The number of rotatable bonds is 6. The van der Waals surface area contributed by atoms with E-state index in [0.29, 0.717) is 27.9 Å². The number of carbonyl (C=O) groups is 1. The lowest BCUT2D eigenvalue weighted by Gasteiger charge is -2.11. The van der Waals surface area contributed by atoms with Crippen LogP contribution in [0.25, 0.3) is 22.4 Å². The van der Waals surface area contributed by atoms with Crippen LogP contribution in [-0.2, 0) is 6.54 Å². The second kappa shape index (κ2) is 8.97. The molecule has 6 nitrogen and oxygen atoms in total. The van der Waals surface area contributed by atoms with Gasteiger partial charge in [0.2, 0.25) is 5.89 Å². The molecule has 0 atom stereocenters. The van der Waals surface area contributed by atoms with Gasteiger partial charge in [-0.25, -0.2) is 0 Å². The summed E-state index contributed by atoms with van der Waals surface area (Å²) in [6, 6.07) is 20.3. The summed E-state index contributed by atoms with van der Waals surface area (Å²) >= 11 is 12.5. The zero-order valence-electron chi connectivity index (χ0n) is 18.4. The average molecular weight is 492 g/mol. The molecule has 0 aliphatic carbocycles. The summed E-state index contributed by atoms with van der Waals surface area (Å²) in [6.45, 7) is 2.34. The molecule has 0 aliphatic heterocycles. The molecule has 3 aromatic carbocycles. The van der Waals surface area contributed by atoms with Gasteiger partial charge in [-0.1, -0.05) is 47.5 Å².